The van der Waals surface area contributed by atoms with Gasteiger partial charge in [-0.1, -0.05) is 24.3 Å². The van der Waals surface area contributed by atoms with Crippen molar-refractivity contribution in [2.24, 2.45) is 5.92 Å². The Morgan fingerprint density at radius 2 is 1.83 bits per heavy atom. The molecule has 1 amide bonds. The van der Waals surface area contributed by atoms with Gasteiger partial charge in [0.2, 0.25) is 5.91 Å². The zero-order valence-electron chi connectivity index (χ0n) is 16.6. The summed E-state index contributed by atoms with van der Waals surface area (Å²) >= 11 is 0. The average Bonchev–Trinajstić information content (AvgIpc) is 3.37. The van der Waals surface area contributed by atoms with Crippen LogP contribution in [0.4, 0.5) is 8.78 Å². The van der Waals surface area contributed by atoms with Crippen molar-refractivity contribution in [2.75, 3.05) is 13.6 Å². The Balaban J connectivity index is 1.19. The second-order valence-corrected chi connectivity index (χ2v) is 8.23. The molecule has 0 radical (unpaired) electrons. The molecule has 2 N–H and O–H groups in total. The maximum Gasteiger partial charge on any atom is 0.226 e. The first kappa shape index (κ1) is 20.0. The number of hydrogen-bond acceptors (Lipinski definition) is 3. The third kappa shape index (κ3) is 4.82. The monoisotopic (exact) mass is 399 g/mol. The molecule has 4 unspecified atom stereocenters. The van der Waals surface area contributed by atoms with E-state index in [4.69, 9.17) is 0 Å². The van der Waals surface area contributed by atoms with E-state index in [1.165, 1.54) is 18.2 Å². The summed E-state index contributed by atoms with van der Waals surface area (Å²) in [6.07, 6.45) is 3.60. The maximum atomic E-state index is 13.4. The number of nitrogens with one attached hydrogen (secondary N) is 2. The number of carbonyl (C=O) groups excluding carboxylic acids is 1. The number of amides is 1. The third-order valence-electron chi connectivity index (χ3n) is 6.06. The van der Waals surface area contributed by atoms with Crippen molar-refractivity contribution < 1.29 is 13.6 Å². The number of hydrogen-bond donors (Lipinski definition) is 2. The lowest BCUT2D eigenvalue weighted by Crippen LogP contribution is -2.33. The second-order valence-electron chi connectivity index (χ2n) is 8.23. The third-order valence-corrected chi connectivity index (χ3v) is 6.06. The fourth-order valence-corrected chi connectivity index (χ4v) is 4.27. The van der Waals surface area contributed by atoms with Crippen LogP contribution in [0.2, 0.25) is 0 Å². The average molecular weight is 399 g/mol. The fraction of sp³-hybridized carbons (Fsp3) is 0.435. The highest BCUT2D eigenvalue weighted by atomic mass is 19.1. The molecule has 4 nitrogen and oxygen atoms in total. The SMILES string of the molecule is CN(CCCC1CC(c2cccc(F)c2)NN1)C(=O)C1CC1c1ccc(F)cc1. The minimum Gasteiger partial charge on any atom is -0.346 e. The van der Waals surface area contributed by atoms with Gasteiger partial charge < -0.3 is 4.90 Å². The summed E-state index contributed by atoms with van der Waals surface area (Å²) in [5.74, 6) is -0.0437. The topological polar surface area (TPSA) is 44.4 Å². The van der Waals surface area contributed by atoms with Gasteiger partial charge in [-0.3, -0.25) is 15.6 Å². The summed E-state index contributed by atoms with van der Waals surface area (Å²) in [5, 5.41) is 0. The van der Waals surface area contributed by atoms with Gasteiger partial charge in [-0.15, -0.1) is 0 Å². The minimum atomic E-state index is -0.246. The van der Waals surface area contributed by atoms with Crippen molar-refractivity contribution in [3.63, 3.8) is 0 Å². The quantitative estimate of drug-likeness (QED) is 0.742. The molecular weight excluding hydrogens is 372 g/mol. The molecule has 1 aliphatic heterocycles. The molecule has 4 rings (SSSR count). The molecule has 4 atom stereocenters. The summed E-state index contributed by atoms with van der Waals surface area (Å²) < 4.78 is 26.5. The fourth-order valence-electron chi connectivity index (χ4n) is 4.27. The van der Waals surface area contributed by atoms with Crippen molar-refractivity contribution in [1.29, 1.82) is 0 Å². The van der Waals surface area contributed by atoms with Crippen LogP contribution in [0.15, 0.2) is 48.5 Å². The van der Waals surface area contributed by atoms with Gasteiger partial charge in [0.15, 0.2) is 0 Å². The van der Waals surface area contributed by atoms with E-state index in [-0.39, 0.29) is 35.4 Å². The smallest absolute Gasteiger partial charge is 0.226 e. The predicted octanol–water partition coefficient (Wildman–Crippen LogP) is 3.91. The molecule has 6 heteroatoms. The summed E-state index contributed by atoms with van der Waals surface area (Å²) in [6, 6.07) is 13.6. The highest BCUT2D eigenvalue weighted by Crippen LogP contribution is 2.48. The van der Waals surface area contributed by atoms with Crippen LogP contribution in [-0.2, 0) is 4.79 Å². The molecular formula is C23H27F2N3O. The van der Waals surface area contributed by atoms with Gasteiger partial charge in [0, 0.05) is 31.6 Å². The molecule has 2 aromatic rings. The van der Waals surface area contributed by atoms with Crippen LogP contribution in [-0.4, -0.2) is 30.4 Å². The molecule has 0 spiro atoms. The zero-order chi connectivity index (χ0) is 20.4. The van der Waals surface area contributed by atoms with Crippen molar-refractivity contribution in [3.8, 4) is 0 Å². The van der Waals surface area contributed by atoms with E-state index >= 15 is 0 Å². The van der Waals surface area contributed by atoms with E-state index in [1.54, 1.807) is 24.3 Å². The van der Waals surface area contributed by atoms with E-state index in [1.807, 2.05) is 18.0 Å². The van der Waals surface area contributed by atoms with Crippen LogP contribution in [0, 0.1) is 17.6 Å². The lowest BCUT2D eigenvalue weighted by atomic mass is 9.99. The van der Waals surface area contributed by atoms with Crippen LogP contribution in [0.25, 0.3) is 0 Å². The largest absolute Gasteiger partial charge is 0.346 e. The Morgan fingerprint density at radius 3 is 2.59 bits per heavy atom. The molecule has 29 heavy (non-hydrogen) atoms. The van der Waals surface area contributed by atoms with Gasteiger partial charge >= 0.3 is 0 Å². The van der Waals surface area contributed by atoms with E-state index in [0.29, 0.717) is 12.6 Å². The van der Waals surface area contributed by atoms with Gasteiger partial charge in [-0.2, -0.15) is 0 Å². The van der Waals surface area contributed by atoms with Crippen LogP contribution in [0.5, 0.6) is 0 Å². The van der Waals surface area contributed by atoms with Crippen LogP contribution in [0.3, 0.4) is 0 Å². The van der Waals surface area contributed by atoms with E-state index in [2.05, 4.69) is 10.9 Å². The lowest BCUT2D eigenvalue weighted by molar-refractivity contribution is -0.131. The molecule has 2 fully saturated rings. The Bertz CT molecular complexity index is 857. The summed E-state index contributed by atoms with van der Waals surface area (Å²) in [6.45, 7) is 0.717. The Morgan fingerprint density at radius 1 is 1.03 bits per heavy atom. The van der Waals surface area contributed by atoms with Crippen molar-refractivity contribution in [3.05, 3.63) is 71.3 Å². The zero-order valence-corrected chi connectivity index (χ0v) is 16.6. The number of rotatable bonds is 7. The van der Waals surface area contributed by atoms with Crippen LogP contribution < -0.4 is 10.9 Å². The Kier molecular flexibility index (Phi) is 5.92. The first-order valence-corrected chi connectivity index (χ1v) is 10.3. The van der Waals surface area contributed by atoms with Crippen molar-refractivity contribution >= 4 is 5.91 Å². The summed E-state index contributed by atoms with van der Waals surface area (Å²) in [7, 11) is 1.86. The highest BCUT2D eigenvalue weighted by Gasteiger charge is 2.45. The standard InChI is InChI=1S/C23H27F2N3O/c1-28(23(29)21-14-20(21)15-7-9-17(24)10-8-15)11-3-6-19-13-22(27-26-19)16-4-2-5-18(25)12-16/h2,4-5,7-10,12,19-22,26-27H,3,6,11,13-14H2,1H3. The Hall–Kier alpha value is -2.31. The van der Waals surface area contributed by atoms with E-state index < -0.39 is 0 Å². The number of carbonyl (C=O) groups is 1. The number of nitrogens with zero attached hydrogens (tertiary/aromatic N) is 1. The lowest BCUT2D eigenvalue weighted by Gasteiger charge is -2.18. The molecule has 2 aliphatic rings. The van der Waals surface area contributed by atoms with Gasteiger partial charge in [0.25, 0.3) is 0 Å². The molecule has 0 aromatic heterocycles. The van der Waals surface area contributed by atoms with Crippen molar-refractivity contribution in [2.45, 2.75) is 43.7 Å². The molecule has 0 bridgehead atoms. The second kappa shape index (κ2) is 8.59. The van der Waals surface area contributed by atoms with E-state index in [9.17, 15) is 13.6 Å². The van der Waals surface area contributed by atoms with E-state index in [0.717, 1.165) is 36.8 Å². The molecule has 1 aliphatic carbocycles. The van der Waals surface area contributed by atoms with Gasteiger partial charge in [0.1, 0.15) is 11.6 Å². The predicted molar refractivity (Wildman–Crippen MR) is 108 cm³/mol. The van der Waals surface area contributed by atoms with Crippen molar-refractivity contribution in [1.82, 2.24) is 15.8 Å². The number of benzene rings is 2. The van der Waals surface area contributed by atoms with Crippen LogP contribution >= 0.6 is 0 Å². The van der Waals surface area contributed by atoms with Gasteiger partial charge in [0.05, 0.1) is 0 Å². The van der Waals surface area contributed by atoms with Crippen LogP contribution in [0.1, 0.15) is 48.8 Å². The highest BCUT2D eigenvalue weighted by molar-refractivity contribution is 5.82. The molecule has 1 saturated heterocycles. The summed E-state index contributed by atoms with van der Waals surface area (Å²) in [5.41, 5.74) is 8.53. The minimum absolute atomic E-state index is 0.0223. The normalized spacial score (nSPS) is 25.8. The Labute approximate surface area is 170 Å². The van der Waals surface area contributed by atoms with Gasteiger partial charge in [-0.05, 0) is 67.0 Å². The maximum absolute atomic E-state index is 13.4. The summed E-state index contributed by atoms with van der Waals surface area (Å²) in [4.78, 5) is 14.5. The van der Waals surface area contributed by atoms with Gasteiger partial charge in [-0.25, -0.2) is 8.78 Å². The first-order valence-electron chi connectivity index (χ1n) is 10.3. The first-order chi connectivity index (χ1) is 14.0. The molecule has 154 valence electrons. The molecule has 1 heterocycles. The number of hydrazine groups is 1. The molecule has 2 aromatic carbocycles. The molecule has 1 saturated carbocycles. The number of halogens is 2.